The molecule has 0 radical (unpaired) electrons. The van der Waals surface area contributed by atoms with Crippen LogP contribution in [0.2, 0.25) is 0 Å². The predicted molar refractivity (Wildman–Crippen MR) is 280 cm³/mol. The summed E-state index contributed by atoms with van der Waals surface area (Å²) in [6, 6.07) is 43.2. The molecule has 64 heavy (non-hydrogen) atoms. The molecule has 2 aliphatic heterocycles. The molecule has 4 aliphatic rings. The van der Waals surface area contributed by atoms with Crippen LogP contribution in [0.5, 0.6) is 0 Å². The summed E-state index contributed by atoms with van der Waals surface area (Å²) in [5.41, 5.74) is 23.5. The molecule has 7 aromatic rings. The fourth-order valence-electron chi connectivity index (χ4n) is 12.1. The van der Waals surface area contributed by atoms with Gasteiger partial charge < -0.3 is 9.80 Å². The molecule has 2 nitrogen and oxygen atoms in total. The first kappa shape index (κ1) is 41.6. The lowest BCUT2D eigenvalue weighted by atomic mass is 9.36. The van der Waals surface area contributed by atoms with Crippen molar-refractivity contribution in [3.8, 4) is 11.1 Å². The lowest BCUT2D eigenvalue weighted by Gasteiger charge is -2.45. The van der Waals surface area contributed by atoms with Gasteiger partial charge in [0.25, 0.3) is 6.71 Å². The van der Waals surface area contributed by atoms with Gasteiger partial charge in [-0.2, -0.15) is 0 Å². The van der Waals surface area contributed by atoms with E-state index in [4.69, 9.17) is 0 Å². The smallest absolute Gasteiger partial charge is 0.264 e. The Morgan fingerprint density at radius 1 is 0.531 bits per heavy atom. The highest BCUT2D eigenvalue weighted by molar-refractivity contribution is 7.33. The van der Waals surface area contributed by atoms with Crippen LogP contribution < -0.4 is 25.5 Å². The highest BCUT2D eigenvalue weighted by Crippen LogP contribution is 2.54. The van der Waals surface area contributed by atoms with E-state index < -0.39 is 0 Å². The van der Waals surface area contributed by atoms with Gasteiger partial charge in [0.1, 0.15) is 0 Å². The number of fused-ring (bicyclic) bond motifs is 8. The zero-order valence-corrected chi connectivity index (χ0v) is 41.4. The Kier molecular flexibility index (Phi) is 8.94. The number of hydrogen-bond acceptors (Lipinski definition) is 3. The monoisotopic (exact) mass is 856 g/mol. The Hall–Kier alpha value is -5.06. The van der Waals surface area contributed by atoms with Crippen LogP contribution in [0.25, 0.3) is 21.2 Å². The molecule has 2 aliphatic carbocycles. The maximum atomic E-state index is 2.73. The van der Waals surface area contributed by atoms with Crippen LogP contribution in [-0.4, -0.2) is 6.71 Å². The summed E-state index contributed by atoms with van der Waals surface area (Å²) >= 11 is 2.06. The molecule has 0 saturated heterocycles. The van der Waals surface area contributed by atoms with Gasteiger partial charge >= 0.3 is 0 Å². The number of nitrogens with zero attached hydrogens (tertiary/aromatic N) is 2. The molecule has 3 heterocycles. The molecule has 6 aromatic carbocycles. The first-order chi connectivity index (χ1) is 30.1. The van der Waals surface area contributed by atoms with Gasteiger partial charge in [-0.05, 0) is 176 Å². The van der Waals surface area contributed by atoms with Crippen molar-refractivity contribution in [1.29, 1.82) is 0 Å². The molecule has 0 bridgehead atoms. The highest BCUT2D eigenvalue weighted by Gasteiger charge is 2.48. The Morgan fingerprint density at radius 2 is 1.14 bits per heavy atom. The first-order valence-corrected chi connectivity index (χ1v) is 24.8. The quantitative estimate of drug-likeness (QED) is 0.163. The predicted octanol–water partition coefficient (Wildman–Crippen LogP) is 15.3. The third-order valence-electron chi connectivity index (χ3n) is 16.3. The summed E-state index contributed by atoms with van der Waals surface area (Å²) in [5.74, 6) is 0. The van der Waals surface area contributed by atoms with E-state index in [0.29, 0.717) is 0 Å². The van der Waals surface area contributed by atoms with Crippen molar-refractivity contribution >= 4 is 78.0 Å². The van der Waals surface area contributed by atoms with E-state index in [1.807, 2.05) is 0 Å². The van der Waals surface area contributed by atoms with Gasteiger partial charge in [0, 0.05) is 43.3 Å². The number of hydrogen-bond donors (Lipinski definition) is 0. The van der Waals surface area contributed by atoms with Gasteiger partial charge in [0.05, 0.1) is 5.69 Å². The van der Waals surface area contributed by atoms with Crippen molar-refractivity contribution in [3.63, 3.8) is 0 Å². The van der Waals surface area contributed by atoms with Gasteiger partial charge in [-0.1, -0.05) is 137 Å². The van der Waals surface area contributed by atoms with E-state index in [-0.39, 0.29) is 33.8 Å². The van der Waals surface area contributed by atoms with E-state index in [1.54, 1.807) is 0 Å². The van der Waals surface area contributed by atoms with Crippen molar-refractivity contribution in [2.75, 3.05) is 9.80 Å². The summed E-state index contributed by atoms with van der Waals surface area (Å²) < 4.78 is 2.87. The van der Waals surface area contributed by atoms with Crippen LogP contribution >= 0.6 is 11.3 Å². The fraction of sp³-hybridized carbons (Fsp3) is 0.367. The number of anilines is 6. The summed E-state index contributed by atoms with van der Waals surface area (Å²) in [6.45, 7) is 31.5. The molecule has 11 rings (SSSR count). The van der Waals surface area contributed by atoms with Gasteiger partial charge in [0.2, 0.25) is 0 Å². The standard InChI is InChI=1S/C60H65BN2S/c1-36-29-50-53-51(30-36)63(49-31-39(20-19-37(49)2)38-17-15-14-16-18-38)48-24-21-40(56(3,4)5)32-47(48)61(53)55-54(42-34-45-46(35-52(42)64-55)60(12,13)28-27-59(45,10)11)62(50)41-22-23-43-44(33-41)58(8,9)26-25-57(43,6)7/h14-24,29-35H,25-28H2,1-13H3. The van der Waals surface area contributed by atoms with E-state index in [9.17, 15) is 0 Å². The minimum absolute atomic E-state index is 0.0109. The lowest BCUT2D eigenvalue weighted by molar-refractivity contribution is 0.332. The molecule has 0 amide bonds. The fourth-order valence-corrected chi connectivity index (χ4v) is 13.4. The molecule has 0 unspecified atom stereocenters. The van der Waals surface area contributed by atoms with Crippen molar-refractivity contribution in [1.82, 2.24) is 0 Å². The lowest BCUT2D eigenvalue weighted by Crippen LogP contribution is -2.60. The number of rotatable bonds is 3. The Labute approximate surface area is 387 Å². The van der Waals surface area contributed by atoms with Crippen molar-refractivity contribution < 1.29 is 0 Å². The second-order valence-electron chi connectivity index (χ2n) is 23.7. The van der Waals surface area contributed by atoms with E-state index in [1.165, 1.54) is 136 Å². The van der Waals surface area contributed by atoms with E-state index in [2.05, 4.69) is 220 Å². The number of thiophene rings is 1. The van der Waals surface area contributed by atoms with Crippen molar-refractivity contribution in [3.05, 3.63) is 148 Å². The average molecular weight is 857 g/mol. The second-order valence-corrected chi connectivity index (χ2v) is 24.8. The van der Waals surface area contributed by atoms with Gasteiger partial charge in [-0.3, -0.25) is 0 Å². The van der Waals surface area contributed by atoms with Gasteiger partial charge in [-0.25, -0.2) is 0 Å². The summed E-state index contributed by atoms with van der Waals surface area (Å²) in [4.78, 5) is 5.36. The minimum Gasteiger partial charge on any atom is -0.311 e. The Balaban J connectivity index is 1.26. The molecule has 0 spiro atoms. The van der Waals surface area contributed by atoms with Gasteiger partial charge in [0.15, 0.2) is 0 Å². The highest BCUT2D eigenvalue weighted by atomic mass is 32.1. The normalized spacial score (nSPS) is 18.5. The molecular formula is C60H65BN2S. The van der Waals surface area contributed by atoms with E-state index in [0.717, 1.165) is 0 Å². The maximum absolute atomic E-state index is 2.73. The third-order valence-corrected chi connectivity index (χ3v) is 17.5. The summed E-state index contributed by atoms with van der Waals surface area (Å²) in [5, 5.41) is 1.40. The van der Waals surface area contributed by atoms with Crippen LogP contribution in [0.15, 0.2) is 109 Å². The number of benzene rings is 6. The topological polar surface area (TPSA) is 6.48 Å². The van der Waals surface area contributed by atoms with Crippen molar-refractivity contribution in [2.24, 2.45) is 0 Å². The molecule has 1 aromatic heterocycles. The molecular weight excluding hydrogens is 792 g/mol. The van der Waals surface area contributed by atoms with Gasteiger partial charge in [-0.15, -0.1) is 11.3 Å². The second kappa shape index (κ2) is 13.7. The number of aryl methyl sites for hydroxylation is 2. The first-order valence-electron chi connectivity index (χ1n) is 24.0. The van der Waals surface area contributed by atoms with Crippen LogP contribution in [0, 0.1) is 13.8 Å². The van der Waals surface area contributed by atoms with Crippen LogP contribution in [0.4, 0.5) is 34.1 Å². The molecule has 0 fully saturated rings. The zero-order chi connectivity index (χ0) is 45.0. The van der Waals surface area contributed by atoms with Crippen LogP contribution in [0.1, 0.15) is 141 Å². The molecule has 4 heteroatoms. The van der Waals surface area contributed by atoms with Crippen LogP contribution in [0.3, 0.4) is 0 Å². The maximum Gasteiger partial charge on any atom is 0.264 e. The molecule has 0 saturated carbocycles. The molecule has 0 N–H and O–H groups in total. The van der Waals surface area contributed by atoms with E-state index >= 15 is 0 Å². The summed E-state index contributed by atoms with van der Waals surface area (Å²) in [6.07, 6.45) is 4.79. The largest absolute Gasteiger partial charge is 0.311 e. The summed E-state index contributed by atoms with van der Waals surface area (Å²) in [7, 11) is 0. The minimum atomic E-state index is -0.0109. The van der Waals surface area contributed by atoms with Crippen molar-refractivity contribution in [2.45, 2.75) is 143 Å². The molecule has 324 valence electrons. The Bertz CT molecular complexity index is 3080. The average Bonchev–Trinajstić information content (AvgIpc) is 3.62. The third kappa shape index (κ3) is 6.17. The Morgan fingerprint density at radius 3 is 1.80 bits per heavy atom. The zero-order valence-electron chi connectivity index (χ0n) is 40.6. The van der Waals surface area contributed by atoms with Crippen LogP contribution in [-0.2, 0) is 27.1 Å². The SMILES string of the molecule is Cc1cc2c3c(c1)N(c1ccc4c(c1)C(C)(C)CCC4(C)C)c1c(sc4cc5c(cc14)C(C)(C)CCC5(C)C)B3c1cc(C(C)(C)C)ccc1N2c1cc(-c2ccccc2)ccc1C. The molecule has 0 atom stereocenters.